The van der Waals surface area contributed by atoms with Crippen LogP contribution in [0.25, 0.3) is 0 Å². The lowest BCUT2D eigenvalue weighted by Crippen LogP contribution is -2.46. The first-order chi connectivity index (χ1) is 9.98. The van der Waals surface area contributed by atoms with Crippen molar-refractivity contribution in [3.05, 3.63) is 28.5 Å². The van der Waals surface area contributed by atoms with Crippen molar-refractivity contribution >= 4 is 27.8 Å². The Hall–Kier alpha value is -1.43. The van der Waals surface area contributed by atoms with Gasteiger partial charge in [-0.15, -0.1) is 0 Å². The van der Waals surface area contributed by atoms with E-state index in [1.54, 1.807) is 17.0 Å². The second-order valence-corrected chi connectivity index (χ2v) is 6.31. The predicted octanol–water partition coefficient (Wildman–Crippen LogP) is 2.95. The molecule has 0 atom stereocenters. The van der Waals surface area contributed by atoms with Crippen LogP contribution in [0.5, 0.6) is 0 Å². The molecule has 1 N–H and O–H groups in total. The number of nitrogens with zero attached hydrogens (tertiary/aromatic N) is 2. The molecule has 1 saturated heterocycles. The number of likely N-dealkylation sites (tertiary alicyclic amines) is 1. The van der Waals surface area contributed by atoms with E-state index in [-0.39, 0.29) is 5.91 Å². The van der Waals surface area contributed by atoms with Crippen molar-refractivity contribution < 1.29 is 14.7 Å². The Morgan fingerprint density at radius 2 is 2.05 bits per heavy atom. The lowest BCUT2D eigenvalue weighted by molar-refractivity contribution is -0.152. The van der Waals surface area contributed by atoms with E-state index in [9.17, 15) is 14.7 Å². The zero-order valence-electron chi connectivity index (χ0n) is 12.0. The van der Waals surface area contributed by atoms with Gasteiger partial charge in [0.2, 0.25) is 0 Å². The van der Waals surface area contributed by atoms with Crippen molar-refractivity contribution in [1.29, 1.82) is 0 Å². The standard InChI is InChI=1S/C15H19BrN2O3/c1-2-5-15(14(20)21)6-8-18(9-7-15)13(19)11-3-4-12(16)17-10-11/h3-4,10H,2,5-9H2,1H3,(H,20,21). The highest BCUT2D eigenvalue weighted by Gasteiger charge is 2.41. The van der Waals surface area contributed by atoms with Gasteiger partial charge < -0.3 is 10.0 Å². The first-order valence-corrected chi connectivity index (χ1v) is 7.92. The molecular weight excluding hydrogens is 336 g/mol. The fraction of sp³-hybridized carbons (Fsp3) is 0.533. The molecule has 0 saturated carbocycles. The summed E-state index contributed by atoms with van der Waals surface area (Å²) in [6.07, 6.45) is 4.09. The van der Waals surface area contributed by atoms with Gasteiger partial charge in [0.05, 0.1) is 11.0 Å². The molecule has 1 amide bonds. The monoisotopic (exact) mass is 354 g/mol. The van der Waals surface area contributed by atoms with Crippen molar-refractivity contribution in [3.8, 4) is 0 Å². The molecule has 1 fully saturated rings. The number of aromatic nitrogens is 1. The Kier molecular flexibility index (Phi) is 4.98. The van der Waals surface area contributed by atoms with Crippen molar-refractivity contribution in [2.45, 2.75) is 32.6 Å². The lowest BCUT2D eigenvalue weighted by atomic mass is 9.75. The number of carbonyl (C=O) groups excluding carboxylic acids is 1. The molecule has 1 aliphatic heterocycles. The normalized spacial score (nSPS) is 17.5. The Bertz CT molecular complexity index is 522. The van der Waals surface area contributed by atoms with Crippen LogP contribution in [-0.2, 0) is 4.79 Å². The topological polar surface area (TPSA) is 70.5 Å². The highest BCUT2D eigenvalue weighted by Crippen LogP contribution is 2.36. The zero-order valence-corrected chi connectivity index (χ0v) is 13.6. The molecule has 0 unspecified atom stereocenters. The van der Waals surface area contributed by atoms with Crippen LogP contribution in [0.2, 0.25) is 0 Å². The number of rotatable bonds is 4. The van der Waals surface area contributed by atoms with Crippen LogP contribution in [-0.4, -0.2) is 40.0 Å². The van der Waals surface area contributed by atoms with Crippen molar-refractivity contribution in [2.75, 3.05) is 13.1 Å². The third-order valence-electron chi connectivity index (χ3n) is 4.16. The van der Waals surface area contributed by atoms with Gasteiger partial charge in [-0.2, -0.15) is 0 Å². The van der Waals surface area contributed by atoms with Gasteiger partial charge in [-0.25, -0.2) is 4.98 Å². The van der Waals surface area contributed by atoms with Crippen molar-refractivity contribution in [2.24, 2.45) is 5.41 Å². The summed E-state index contributed by atoms with van der Waals surface area (Å²) in [5.41, 5.74) is -0.125. The molecule has 21 heavy (non-hydrogen) atoms. The van der Waals surface area contributed by atoms with Gasteiger partial charge in [0.1, 0.15) is 4.60 Å². The molecule has 5 nitrogen and oxygen atoms in total. The quantitative estimate of drug-likeness (QED) is 0.843. The first kappa shape index (κ1) is 15.9. The fourth-order valence-electron chi connectivity index (χ4n) is 2.87. The van der Waals surface area contributed by atoms with Gasteiger partial charge in [0, 0.05) is 19.3 Å². The highest BCUT2D eigenvalue weighted by molar-refractivity contribution is 9.10. The van der Waals surface area contributed by atoms with Crippen LogP contribution in [0.15, 0.2) is 22.9 Å². The average molecular weight is 355 g/mol. The second kappa shape index (κ2) is 6.56. The van der Waals surface area contributed by atoms with Crippen LogP contribution in [0, 0.1) is 5.41 Å². The van der Waals surface area contributed by atoms with E-state index in [4.69, 9.17) is 0 Å². The summed E-state index contributed by atoms with van der Waals surface area (Å²) in [6, 6.07) is 3.46. The molecule has 0 radical (unpaired) electrons. The number of hydrogen-bond donors (Lipinski definition) is 1. The molecule has 6 heteroatoms. The van der Waals surface area contributed by atoms with E-state index in [1.807, 2.05) is 6.92 Å². The maximum atomic E-state index is 12.4. The third kappa shape index (κ3) is 3.43. The van der Waals surface area contributed by atoms with E-state index >= 15 is 0 Å². The number of carboxylic acids is 1. The summed E-state index contributed by atoms with van der Waals surface area (Å²) >= 11 is 3.24. The van der Waals surface area contributed by atoms with Crippen LogP contribution in [0.1, 0.15) is 43.0 Å². The molecule has 0 aromatic carbocycles. The van der Waals surface area contributed by atoms with Gasteiger partial charge in [-0.1, -0.05) is 13.3 Å². The van der Waals surface area contributed by atoms with E-state index in [0.29, 0.717) is 42.5 Å². The Balaban J connectivity index is 2.04. The number of amides is 1. The molecule has 114 valence electrons. The molecule has 0 spiro atoms. The van der Waals surface area contributed by atoms with Gasteiger partial charge in [0.15, 0.2) is 0 Å². The molecule has 0 aliphatic carbocycles. The van der Waals surface area contributed by atoms with Crippen LogP contribution in [0.3, 0.4) is 0 Å². The second-order valence-electron chi connectivity index (χ2n) is 5.50. The summed E-state index contributed by atoms with van der Waals surface area (Å²) in [5.74, 6) is -0.813. The number of piperidine rings is 1. The van der Waals surface area contributed by atoms with E-state index < -0.39 is 11.4 Å². The Morgan fingerprint density at radius 3 is 2.52 bits per heavy atom. The molecule has 0 bridgehead atoms. The SMILES string of the molecule is CCCC1(C(=O)O)CCN(C(=O)c2ccc(Br)nc2)CC1. The van der Waals surface area contributed by atoms with Gasteiger partial charge in [-0.3, -0.25) is 9.59 Å². The minimum absolute atomic E-state index is 0.0783. The molecule has 1 aliphatic rings. The summed E-state index contributed by atoms with van der Waals surface area (Å²) in [4.78, 5) is 29.7. The zero-order chi connectivity index (χ0) is 15.5. The Morgan fingerprint density at radius 1 is 1.38 bits per heavy atom. The lowest BCUT2D eigenvalue weighted by Gasteiger charge is -2.38. The molecular formula is C15H19BrN2O3. The van der Waals surface area contributed by atoms with Crippen molar-refractivity contribution in [1.82, 2.24) is 9.88 Å². The van der Waals surface area contributed by atoms with Crippen LogP contribution in [0.4, 0.5) is 0 Å². The first-order valence-electron chi connectivity index (χ1n) is 7.13. The van der Waals surface area contributed by atoms with Crippen LogP contribution >= 0.6 is 15.9 Å². The average Bonchev–Trinajstić information content (AvgIpc) is 2.48. The summed E-state index contributed by atoms with van der Waals surface area (Å²) in [7, 11) is 0. The maximum absolute atomic E-state index is 12.4. The Labute approximate surface area is 132 Å². The number of carbonyl (C=O) groups is 2. The molecule has 2 rings (SSSR count). The van der Waals surface area contributed by atoms with Crippen molar-refractivity contribution in [3.63, 3.8) is 0 Å². The minimum Gasteiger partial charge on any atom is -0.481 e. The molecule has 1 aromatic heterocycles. The fourth-order valence-corrected chi connectivity index (χ4v) is 3.11. The number of pyridine rings is 1. The van der Waals surface area contributed by atoms with Gasteiger partial charge >= 0.3 is 5.97 Å². The van der Waals surface area contributed by atoms with E-state index in [0.717, 1.165) is 6.42 Å². The summed E-state index contributed by atoms with van der Waals surface area (Å²) in [6.45, 7) is 2.97. The third-order valence-corrected chi connectivity index (χ3v) is 4.63. The van der Waals surface area contributed by atoms with E-state index in [2.05, 4.69) is 20.9 Å². The number of halogens is 1. The van der Waals surface area contributed by atoms with E-state index in [1.165, 1.54) is 6.20 Å². The van der Waals surface area contributed by atoms with Gasteiger partial charge in [-0.05, 0) is 47.3 Å². The summed E-state index contributed by atoms with van der Waals surface area (Å²) < 4.78 is 0.686. The smallest absolute Gasteiger partial charge is 0.309 e. The number of aliphatic carboxylic acids is 1. The highest BCUT2D eigenvalue weighted by atomic mass is 79.9. The minimum atomic E-state index is -0.734. The largest absolute Gasteiger partial charge is 0.481 e. The predicted molar refractivity (Wildman–Crippen MR) is 82.1 cm³/mol. The summed E-state index contributed by atoms with van der Waals surface area (Å²) in [5, 5.41) is 9.47. The van der Waals surface area contributed by atoms with Crippen LogP contribution < -0.4 is 0 Å². The number of hydrogen-bond acceptors (Lipinski definition) is 3. The van der Waals surface area contributed by atoms with Gasteiger partial charge in [0.25, 0.3) is 5.91 Å². The number of carboxylic acid groups (broad SMARTS) is 1. The molecule has 2 heterocycles. The maximum Gasteiger partial charge on any atom is 0.309 e. The molecule has 1 aromatic rings.